The lowest BCUT2D eigenvalue weighted by Crippen LogP contribution is -2.11. The van der Waals surface area contributed by atoms with Gasteiger partial charge in [-0.2, -0.15) is 0 Å². The average molecular weight is 442 g/mol. The number of aromatic nitrogens is 5. The van der Waals surface area contributed by atoms with Gasteiger partial charge in [0.1, 0.15) is 22.9 Å². The molecule has 156 valence electrons. The molecule has 0 saturated carbocycles. The van der Waals surface area contributed by atoms with Crippen molar-refractivity contribution in [2.75, 3.05) is 0 Å². The third-order valence-corrected chi connectivity index (χ3v) is 6.42. The predicted molar refractivity (Wildman–Crippen MR) is 120 cm³/mol. The zero-order chi connectivity index (χ0) is 20.9. The first-order chi connectivity index (χ1) is 14.6. The van der Waals surface area contributed by atoms with Crippen LogP contribution in [0.5, 0.6) is 5.75 Å². The summed E-state index contributed by atoms with van der Waals surface area (Å²) in [7, 11) is 0. The van der Waals surface area contributed by atoms with E-state index in [-0.39, 0.29) is 5.56 Å². The number of nitrogens with one attached hydrogen (secondary N) is 1. The maximum absolute atomic E-state index is 12.2. The highest BCUT2D eigenvalue weighted by atomic mass is 32.2. The molecule has 0 bridgehead atoms. The molecular formula is C21H23N5O2S2. The van der Waals surface area contributed by atoms with Crippen LogP contribution in [0.1, 0.15) is 31.9 Å². The van der Waals surface area contributed by atoms with Gasteiger partial charge in [0.05, 0.1) is 11.3 Å². The number of ether oxygens (including phenoxy) is 1. The highest BCUT2D eigenvalue weighted by molar-refractivity contribution is 7.98. The fourth-order valence-corrected chi connectivity index (χ4v) is 4.51. The third-order valence-electron chi connectivity index (χ3n) is 4.54. The smallest absolute Gasteiger partial charge is 0.268 e. The van der Waals surface area contributed by atoms with Gasteiger partial charge in [0.2, 0.25) is 0 Å². The van der Waals surface area contributed by atoms with E-state index in [1.165, 1.54) is 23.1 Å². The largest absolute Gasteiger partial charge is 0.486 e. The van der Waals surface area contributed by atoms with Crippen molar-refractivity contribution in [1.82, 2.24) is 24.7 Å². The molecule has 30 heavy (non-hydrogen) atoms. The normalized spacial score (nSPS) is 11.4. The number of nitrogens with zero attached hydrogens (tertiary/aromatic N) is 4. The van der Waals surface area contributed by atoms with Crippen LogP contribution in [0, 0.1) is 5.92 Å². The number of H-pyrrole nitrogens is 1. The van der Waals surface area contributed by atoms with Gasteiger partial charge in [-0.1, -0.05) is 43.8 Å². The third kappa shape index (κ3) is 4.91. The Labute approximate surface area is 182 Å². The van der Waals surface area contributed by atoms with Gasteiger partial charge >= 0.3 is 0 Å². The molecule has 0 aliphatic heterocycles. The Balaban J connectivity index is 1.50. The van der Waals surface area contributed by atoms with Gasteiger partial charge in [-0.05, 0) is 35.9 Å². The summed E-state index contributed by atoms with van der Waals surface area (Å²) in [6.45, 7) is 5.56. The second-order valence-electron chi connectivity index (χ2n) is 7.27. The van der Waals surface area contributed by atoms with Crippen molar-refractivity contribution in [3.8, 4) is 5.75 Å². The van der Waals surface area contributed by atoms with E-state index in [9.17, 15) is 4.79 Å². The van der Waals surface area contributed by atoms with Crippen LogP contribution in [-0.4, -0.2) is 24.7 Å². The van der Waals surface area contributed by atoms with Crippen molar-refractivity contribution < 1.29 is 4.74 Å². The van der Waals surface area contributed by atoms with Crippen LogP contribution in [0.4, 0.5) is 0 Å². The molecule has 1 aromatic carbocycles. The van der Waals surface area contributed by atoms with E-state index in [1.54, 1.807) is 0 Å². The molecule has 0 amide bonds. The molecule has 9 heteroatoms. The van der Waals surface area contributed by atoms with Crippen LogP contribution in [0.15, 0.2) is 51.7 Å². The standard InChI is InChI=1S/C21H23N5O2S2/c1-14(2)8-10-26-18(12-28-15-6-4-3-5-7-15)24-25-21(26)30-13-17-22-16-9-11-29-19(16)20(27)23-17/h3-7,9,11,14H,8,10,12-13H2,1-2H3,(H,22,23,27). The lowest BCUT2D eigenvalue weighted by atomic mass is 10.1. The van der Waals surface area contributed by atoms with E-state index < -0.39 is 0 Å². The molecule has 0 unspecified atom stereocenters. The summed E-state index contributed by atoms with van der Waals surface area (Å²) >= 11 is 2.92. The van der Waals surface area contributed by atoms with Gasteiger partial charge in [-0.3, -0.25) is 4.79 Å². The van der Waals surface area contributed by atoms with Crippen molar-refractivity contribution >= 4 is 33.3 Å². The fraction of sp³-hybridized carbons (Fsp3) is 0.333. The number of fused-ring (bicyclic) bond motifs is 1. The summed E-state index contributed by atoms with van der Waals surface area (Å²) in [5.41, 5.74) is 0.640. The summed E-state index contributed by atoms with van der Waals surface area (Å²) in [6.07, 6.45) is 1.01. The van der Waals surface area contributed by atoms with Gasteiger partial charge in [-0.15, -0.1) is 21.5 Å². The van der Waals surface area contributed by atoms with E-state index in [0.29, 0.717) is 28.8 Å². The van der Waals surface area contributed by atoms with Gasteiger partial charge in [0, 0.05) is 6.54 Å². The van der Waals surface area contributed by atoms with Crippen LogP contribution in [0.3, 0.4) is 0 Å². The van der Waals surface area contributed by atoms with E-state index in [1.807, 2.05) is 41.8 Å². The number of thioether (sulfide) groups is 1. The molecule has 4 aromatic rings. The first kappa shape index (κ1) is 20.6. The summed E-state index contributed by atoms with van der Waals surface area (Å²) < 4.78 is 8.64. The van der Waals surface area contributed by atoms with Crippen LogP contribution in [-0.2, 0) is 18.9 Å². The zero-order valence-corrected chi connectivity index (χ0v) is 18.5. The SMILES string of the molecule is CC(C)CCn1c(COc2ccccc2)nnc1SCc1nc2ccsc2c(=O)[nH]1. The lowest BCUT2D eigenvalue weighted by molar-refractivity contribution is 0.285. The van der Waals surface area contributed by atoms with Crippen LogP contribution >= 0.6 is 23.1 Å². The molecule has 0 atom stereocenters. The summed E-state index contributed by atoms with van der Waals surface area (Å²) in [6, 6.07) is 11.6. The van der Waals surface area contributed by atoms with Crippen LogP contribution in [0.2, 0.25) is 0 Å². The Morgan fingerprint density at radius 3 is 2.83 bits per heavy atom. The summed E-state index contributed by atoms with van der Waals surface area (Å²) in [5.74, 6) is 3.30. The van der Waals surface area contributed by atoms with E-state index >= 15 is 0 Å². The molecule has 1 N–H and O–H groups in total. The molecule has 0 fully saturated rings. The molecule has 0 radical (unpaired) electrons. The lowest BCUT2D eigenvalue weighted by Gasteiger charge is -2.12. The Morgan fingerprint density at radius 1 is 1.20 bits per heavy atom. The number of para-hydroxylation sites is 1. The van der Waals surface area contributed by atoms with Gasteiger partial charge in [0.15, 0.2) is 11.0 Å². The van der Waals surface area contributed by atoms with Crippen molar-refractivity contribution in [2.45, 2.75) is 44.3 Å². The fourth-order valence-electron chi connectivity index (χ4n) is 2.93. The molecule has 7 nitrogen and oxygen atoms in total. The molecule has 4 rings (SSSR count). The number of thiophene rings is 1. The maximum atomic E-state index is 12.2. The first-order valence-electron chi connectivity index (χ1n) is 9.79. The minimum absolute atomic E-state index is 0.0937. The molecule has 0 spiro atoms. The topological polar surface area (TPSA) is 85.7 Å². The predicted octanol–water partition coefficient (Wildman–Crippen LogP) is 4.49. The number of benzene rings is 1. The quantitative estimate of drug-likeness (QED) is 0.385. The van der Waals surface area contributed by atoms with E-state index in [2.05, 4.69) is 38.6 Å². The van der Waals surface area contributed by atoms with Crippen molar-refractivity contribution in [3.05, 3.63) is 63.8 Å². The highest BCUT2D eigenvalue weighted by Gasteiger charge is 2.15. The Hall–Kier alpha value is -2.65. The Bertz CT molecular complexity index is 1170. The molecule has 0 aliphatic rings. The highest BCUT2D eigenvalue weighted by Crippen LogP contribution is 2.23. The van der Waals surface area contributed by atoms with Gasteiger partial charge in [-0.25, -0.2) is 4.98 Å². The Kier molecular flexibility index (Phi) is 6.49. The second-order valence-corrected chi connectivity index (χ2v) is 9.13. The van der Waals surface area contributed by atoms with E-state index in [0.717, 1.165) is 35.2 Å². The first-order valence-corrected chi connectivity index (χ1v) is 11.7. The van der Waals surface area contributed by atoms with Gasteiger partial charge in [0.25, 0.3) is 5.56 Å². The number of hydrogen-bond donors (Lipinski definition) is 1. The molecule has 0 saturated heterocycles. The van der Waals surface area contributed by atoms with Crippen molar-refractivity contribution in [1.29, 1.82) is 0 Å². The number of hydrogen-bond acceptors (Lipinski definition) is 7. The molecular weight excluding hydrogens is 418 g/mol. The van der Waals surface area contributed by atoms with Gasteiger partial charge < -0.3 is 14.3 Å². The summed E-state index contributed by atoms with van der Waals surface area (Å²) in [5, 5.41) is 11.4. The van der Waals surface area contributed by atoms with E-state index in [4.69, 9.17) is 4.74 Å². The second kappa shape index (κ2) is 9.44. The monoisotopic (exact) mass is 441 g/mol. The minimum atomic E-state index is -0.0937. The van der Waals surface area contributed by atoms with Crippen LogP contribution < -0.4 is 10.3 Å². The Morgan fingerprint density at radius 2 is 2.03 bits per heavy atom. The average Bonchev–Trinajstić information content (AvgIpc) is 3.37. The molecule has 3 aromatic heterocycles. The van der Waals surface area contributed by atoms with Crippen molar-refractivity contribution in [3.63, 3.8) is 0 Å². The molecule has 0 aliphatic carbocycles. The van der Waals surface area contributed by atoms with Crippen molar-refractivity contribution in [2.24, 2.45) is 5.92 Å². The number of aromatic amines is 1. The number of rotatable bonds is 9. The maximum Gasteiger partial charge on any atom is 0.268 e. The van der Waals surface area contributed by atoms with Crippen LogP contribution in [0.25, 0.3) is 10.2 Å². The molecule has 3 heterocycles. The summed E-state index contributed by atoms with van der Waals surface area (Å²) in [4.78, 5) is 19.6. The zero-order valence-electron chi connectivity index (χ0n) is 16.9. The minimum Gasteiger partial charge on any atom is -0.486 e.